The van der Waals surface area contributed by atoms with Crippen molar-refractivity contribution in [2.24, 2.45) is 7.05 Å². The zero-order valence-electron chi connectivity index (χ0n) is 10.6. The highest BCUT2D eigenvalue weighted by molar-refractivity contribution is 5.91. The Morgan fingerprint density at radius 2 is 1.67 bits per heavy atom. The fourth-order valence-corrected chi connectivity index (χ4v) is 2.36. The van der Waals surface area contributed by atoms with Gasteiger partial charge in [-0.1, -0.05) is 36.4 Å². The van der Waals surface area contributed by atoms with Crippen LogP contribution in [0, 0.1) is 6.92 Å². The molecule has 0 atom stereocenters. The Morgan fingerprint density at radius 3 is 2.50 bits per heavy atom. The number of rotatable bonds is 1. The molecule has 3 aromatic rings. The zero-order valence-corrected chi connectivity index (χ0v) is 10.6. The van der Waals surface area contributed by atoms with Crippen molar-refractivity contribution in [3.05, 3.63) is 60.4 Å². The van der Waals surface area contributed by atoms with E-state index in [9.17, 15) is 0 Å². The Hall–Kier alpha value is -2.22. The van der Waals surface area contributed by atoms with Gasteiger partial charge in [-0.05, 0) is 29.6 Å². The molecule has 1 aromatic heterocycles. The van der Waals surface area contributed by atoms with E-state index in [-0.39, 0.29) is 0 Å². The number of hydrogen-bond donors (Lipinski definition) is 0. The van der Waals surface area contributed by atoms with Crippen LogP contribution >= 0.6 is 0 Å². The summed E-state index contributed by atoms with van der Waals surface area (Å²) in [5.74, 6) is 0. The molecule has 0 aliphatic carbocycles. The molecule has 1 heterocycles. The molecular formula is C16H15N2+. The summed E-state index contributed by atoms with van der Waals surface area (Å²) in [6, 6.07) is 16.7. The summed E-state index contributed by atoms with van der Waals surface area (Å²) in [5, 5.41) is 1.19. The SMILES string of the molecule is Cc1ccccc1-c1c2ccccc2nc[n+]1C. The molecule has 0 aliphatic heterocycles. The molecule has 3 rings (SSSR count). The number of para-hydroxylation sites is 1. The van der Waals surface area contributed by atoms with Crippen LogP contribution in [0.3, 0.4) is 0 Å². The fourth-order valence-electron chi connectivity index (χ4n) is 2.36. The van der Waals surface area contributed by atoms with Crippen LogP contribution in [0.25, 0.3) is 22.2 Å². The van der Waals surface area contributed by atoms with E-state index >= 15 is 0 Å². The van der Waals surface area contributed by atoms with Crippen molar-refractivity contribution in [2.75, 3.05) is 0 Å². The Labute approximate surface area is 107 Å². The molecule has 0 fully saturated rings. The molecule has 0 saturated heterocycles. The standard InChI is InChI=1S/C16H15N2/c1-12-7-3-4-8-13(12)16-14-9-5-6-10-15(14)17-11-18(16)2/h3-11H,1-2H3/q+1. The third-order valence-electron chi connectivity index (χ3n) is 3.28. The lowest BCUT2D eigenvalue weighted by molar-refractivity contribution is -0.662. The number of benzene rings is 2. The van der Waals surface area contributed by atoms with Gasteiger partial charge in [-0.15, -0.1) is 0 Å². The van der Waals surface area contributed by atoms with Gasteiger partial charge >= 0.3 is 0 Å². The van der Waals surface area contributed by atoms with E-state index in [1.54, 1.807) is 0 Å². The molecule has 0 unspecified atom stereocenters. The second kappa shape index (κ2) is 4.22. The highest BCUT2D eigenvalue weighted by Crippen LogP contribution is 2.26. The summed E-state index contributed by atoms with van der Waals surface area (Å²) in [5.41, 5.74) is 4.80. The summed E-state index contributed by atoms with van der Waals surface area (Å²) in [4.78, 5) is 4.46. The number of fused-ring (bicyclic) bond motifs is 1. The minimum absolute atomic E-state index is 1.04. The smallest absolute Gasteiger partial charge is 0.232 e. The molecular weight excluding hydrogens is 220 g/mol. The highest BCUT2D eigenvalue weighted by atomic mass is 15.0. The Balaban J connectivity index is 2.42. The largest absolute Gasteiger partial charge is 0.287 e. The van der Waals surface area contributed by atoms with E-state index in [2.05, 4.69) is 58.9 Å². The topological polar surface area (TPSA) is 16.8 Å². The average Bonchev–Trinajstić information content (AvgIpc) is 2.40. The van der Waals surface area contributed by atoms with Crippen molar-refractivity contribution in [3.63, 3.8) is 0 Å². The Morgan fingerprint density at radius 1 is 0.944 bits per heavy atom. The van der Waals surface area contributed by atoms with Gasteiger partial charge < -0.3 is 0 Å². The van der Waals surface area contributed by atoms with Crippen molar-refractivity contribution < 1.29 is 4.57 Å². The van der Waals surface area contributed by atoms with Gasteiger partial charge in [-0.25, -0.2) is 4.57 Å². The number of aryl methyl sites for hydroxylation is 2. The van der Waals surface area contributed by atoms with Gasteiger partial charge in [0, 0.05) is 5.56 Å². The Bertz CT molecular complexity index is 717. The van der Waals surface area contributed by atoms with Crippen molar-refractivity contribution in [3.8, 4) is 11.3 Å². The molecule has 18 heavy (non-hydrogen) atoms. The number of aromatic nitrogens is 2. The molecule has 2 nitrogen and oxygen atoms in total. The van der Waals surface area contributed by atoms with E-state index in [4.69, 9.17) is 0 Å². The van der Waals surface area contributed by atoms with Crippen LogP contribution in [0.15, 0.2) is 54.9 Å². The minimum Gasteiger partial charge on any atom is -0.232 e. The molecule has 0 amide bonds. The first kappa shape index (κ1) is 10.9. The summed E-state index contributed by atoms with van der Waals surface area (Å²) in [6.45, 7) is 2.14. The average molecular weight is 235 g/mol. The summed E-state index contributed by atoms with van der Waals surface area (Å²) < 4.78 is 2.09. The lowest BCUT2D eigenvalue weighted by atomic mass is 10.0. The number of hydrogen-bond acceptors (Lipinski definition) is 1. The first-order valence-corrected chi connectivity index (χ1v) is 6.07. The lowest BCUT2D eigenvalue weighted by Gasteiger charge is -2.08. The maximum atomic E-state index is 4.46. The van der Waals surface area contributed by atoms with E-state index in [0.29, 0.717) is 0 Å². The summed E-state index contributed by atoms with van der Waals surface area (Å²) in [6.07, 6.45) is 1.88. The molecule has 0 radical (unpaired) electrons. The number of nitrogens with zero attached hydrogens (tertiary/aromatic N) is 2. The summed E-state index contributed by atoms with van der Waals surface area (Å²) in [7, 11) is 2.04. The van der Waals surface area contributed by atoms with E-state index in [1.807, 2.05) is 19.4 Å². The van der Waals surface area contributed by atoms with Gasteiger partial charge in [-0.3, -0.25) is 0 Å². The van der Waals surface area contributed by atoms with Crippen LogP contribution in [0.2, 0.25) is 0 Å². The predicted octanol–water partition coefficient (Wildman–Crippen LogP) is 3.03. The van der Waals surface area contributed by atoms with Crippen molar-refractivity contribution in [1.82, 2.24) is 4.98 Å². The van der Waals surface area contributed by atoms with Crippen LogP contribution in [0.1, 0.15) is 5.56 Å². The molecule has 0 saturated carbocycles. The second-order valence-electron chi connectivity index (χ2n) is 4.54. The first-order valence-electron chi connectivity index (χ1n) is 6.07. The van der Waals surface area contributed by atoms with Gasteiger partial charge in [0.05, 0.1) is 12.4 Å². The van der Waals surface area contributed by atoms with Gasteiger partial charge in [-0.2, -0.15) is 0 Å². The van der Waals surface area contributed by atoms with E-state index in [1.165, 1.54) is 22.2 Å². The van der Waals surface area contributed by atoms with Gasteiger partial charge in [0.2, 0.25) is 0 Å². The normalized spacial score (nSPS) is 10.8. The molecule has 2 heteroatoms. The van der Waals surface area contributed by atoms with Crippen molar-refractivity contribution in [1.29, 1.82) is 0 Å². The molecule has 0 spiro atoms. The van der Waals surface area contributed by atoms with Crippen LogP contribution < -0.4 is 4.57 Å². The molecule has 2 aromatic carbocycles. The third-order valence-corrected chi connectivity index (χ3v) is 3.28. The maximum absolute atomic E-state index is 4.46. The summed E-state index contributed by atoms with van der Waals surface area (Å²) >= 11 is 0. The van der Waals surface area contributed by atoms with E-state index < -0.39 is 0 Å². The minimum atomic E-state index is 1.04. The first-order chi connectivity index (χ1) is 8.77. The van der Waals surface area contributed by atoms with Gasteiger partial charge in [0.25, 0.3) is 6.33 Å². The van der Waals surface area contributed by atoms with Crippen molar-refractivity contribution in [2.45, 2.75) is 6.92 Å². The lowest BCUT2D eigenvalue weighted by Crippen LogP contribution is -2.31. The monoisotopic (exact) mass is 235 g/mol. The van der Waals surface area contributed by atoms with Crippen LogP contribution in [0.4, 0.5) is 0 Å². The van der Waals surface area contributed by atoms with E-state index in [0.717, 1.165) is 5.52 Å². The second-order valence-corrected chi connectivity index (χ2v) is 4.54. The quantitative estimate of drug-likeness (QED) is 0.592. The maximum Gasteiger partial charge on any atom is 0.287 e. The molecule has 0 N–H and O–H groups in total. The van der Waals surface area contributed by atoms with Crippen LogP contribution in [-0.2, 0) is 7.05 Å². The highest BCUT2D eigenvalue weighted by Gasteiger charge is 2.15. The van der Waals surface area contributed by atoms with Crippen LogP contribution in [-0.4, -0.2) is 4.98 Å². The fraction of sp³-hybridized carbons (Fsp3) is 0.125. The molecule has 88 valence electrons. The van der Waals surface area contributed by atoms with Gasteiger partial charge in [0.1, 0.15) is 5.69 Å². The predicted molar refractivity (Wildman–Crippen MR) is 73.1 cm³/mol. The van der Waals surface area contributed by atoms with Gasteiger partial charge in [0.15, 0.2) is 5.52 Å². The third kappa shape index (κ3) is 1.66. The molecule has 0 aliphatic rings. The molecule has 0 bridgehead atoms. The Kier molecular flexibility index (Phi) is 2.56. The zero-order chi connectivity index (χ0) is 12.5. The van der Waals surface area contributed by atoms with Crippen LogP contribution in [0.5, 0.6) is 0 Å². The van der Waals surface area contributed by atoms with Crippen molar-refractivity contribution >= 4 is 10.9 Å².